The zero-order valence-corrected chi connectivity index (χ0v) is 12.9. The van der Waals surface area contributed by atoms with Gasteiger partial charge in [0.25, 0.3) is 0 Å². The Morgan fingerprint density at radius 1 is 1.21 bits per heavy atom. The van der Waals surface area contributed by atoms with Gasteiger partial charge in [0.1, 0.15) is 0 Å². The van der Waals surface area contributed by atoms with Crippen molar-refractivity contribution in [2.24, 2.45) is 0 Å². The van der Waals surface area contributed by atoms with Crippen LogP contribution in [0.1, 0.15) is 26.7 Å². The first kappa shape index (κ1) is 15.7. The van der Waals surface area contributed by atoms with Crippen LogP contribution < -0.4 is 5.32 Å². The van der Waals surface area contributed by atoms with Crippen LogP contribution in [0.5, 0.6) is 0 Å². The standard InChI is InChI=1S/C14H19BrN2O2/c1-3-9-17(11(2)18)10-8-14(19)16-13-6-4-12(15)5-7-13/h4-7H,3,8-10H2,1-2H3,(H,16,19). The molecule has 0 saturated carbocycles. The van der Waals surface area contributed by atoms with Crippen LogP contribution in [0.2, 0.25) is 0 Å². The van der Waals surface area contributed by atoms with E-state index in [2.05, 4.69) is 21.2 Å². The minimum absolute atomic E-state index is 0.0123. The SMILES string of the molecule is CCCN(CCC(=O)Nc1ccc(Br)cc1)C(C)=O. The molecule has 0 heterocycles. The maximum Gasteiger partial charge on any atom is 0.226 e. The van der Waals surface area contributed by atoms with Crippen molar-refractivity contribution < 1.29 is 9.59 Å². The van der Waals surface area contributed by atoms with Crippen LogP contribution in [0.4, 0.5) is 5.69 Å². The molecule has 0 saturated heterocycles. The van der Waals surface area contributed by atoms with Gasteiger partial charge in [-0.05, 0) is 30.7 Å². The average Bonchev–Trinajstić information content (AvgIpc) is 2.37. The molecule has 0 fully saturated rings. The van der Waals surface area contributed by atoms with Crippen molar-refractivity contribution in [3.05, 3.63) is 28.7 Å². The van der Waals surface area contributed by atoms with E-state index in [1.807, 2.05) is 31.2 Å². The van der Waals surface area contributed by atoms with E-state index < -0.39 is 0 Å². The molecule has 0 aliphatic carbocycles. The Labute approximate surface area is 122 Å². The molecular formula is C14H19BrN2O2. The third kappa shape index (κ3) is 5.87. The zero-order chi connectivity index (χ0) is 14.3. The van der Waals surface area contributed by atoms with Crippen molar-refractivity contribution in [2.75, 3.05) is 18.4 Å². The molecule has 4 nitrogen and oxygen atoms in total. The predicted molar refractivity (Wildman–Crippen MR) is 79.9 cm³/mol. The van der Waals surface area contributed by atoms with Gasteiger partial charge in [-0.25, -0.2) is 0 Å². The molecular weight excluding hydrogens is 308 g/mol. The zero-order valence-electron chi connectivity index (χ0n) is 11.3. The van der Waals surface area contributed by atoms with Crippen molar-refractivity contribution >= 4 is 33.4 Å². The van der Waals surface area contributed by atoms with Crippen LogP contribution in [0, 0.1) is 0 Å². The van der Waals surface area contributed by atoms with Gasteiger partial charge in [-0.15, -0.1) is 0 Å². The lowest BCUT2D eigenvalue weighted by molar-refractivity contribution is -0.129. The van der Waals surface area contributed by atoms with Gasteiger partial charge in [0.2, 0.25) is 11.8 Å². The summed E-state index contributed by atoms with van der Waals surface area (Å²) in [7, 11) is 0. The Kier molecular flexibility index (Phi) is 6.56. The first-order chi connectivity index (χ1) is 9.02. The first-order valence-electron chi connectivity index (χ1n) is 6.34. The van der Waals surface area contributed by atoms with Crippen LogP contribution in [-0.4, -0.2) is 29.8 Å². The van der Waals surface area contributed by atoms with Gasteiger partial charge in [-0.1, -0.05) is 22.9 Å². The van der Waals surface area contributed by atoms with Crippen LogP contribution in [0.25, 0.3) is 0 Å². The molecule has 0 unspecified atom stereocenters. The molecule has 1 aromatic carbocycles. The van der Waals surface area contributed by atoms with Gasteiger partial charge in [-0.2, -0.15) is 0 Å². The number of hydrogen-bond acceptors (Lipinski definition) is 2. The molecule has 2 amide bonds. The van der Waals surface area contributed by atoms with E-state index in [9.17, 15) is 9.59 Å². The van der Waals surface area contributed by atoms with Crippen LogP contribution in [0.15, 0.2) is 28.7 Å². The molecule has 1 rings (SSSR count). The quantitative estimate of drug-likeness (QED) is 0.873. The molecule has 0 radical (unpaired) electrons. The van der Waals surface area contributed by atoms with E-state index in [1.54, 1.807) is 4.90 Å². The number of hydrogen-bond donors (Lipinski definition) is 1. The van der Waals surface area contributed by atoms with E-state index in [0.717, 1.165) is 16.6 Å². The summed E-state index contributed by atoms with van der Waals surface area (Å²) in [6, 6.07) is 7.40. The van der Waals surface area contributed by atoms with Crippen LogP contribution >= 0.6 is 15.9 Å². The Morgan fingerprint density at radius 3 is 2.37 bits per heavy atom. The number of benzene rings is 1. The number of carbonyl (C=O) groups is 2. The number of amides is 2. The van der Waals surface area contributed by atoms with E-state index in [0.29, 0.717) is 19.5 Å². The Morgan fingerprint density at radius 2 is 1.84 bits per heavy atom. The Hall–Kier alpha value is -1.36. The number of anilines is 1. The van der Waals surface area contributed by atoms with Gasteiger partial charge < -0.3 is 10.2 Å². The number of nitrogens with one attached hydrogen (secondary N) is 1. The topological polar surface area (TPSA) is 49.4 Å². The van der Waals surface area contributed by atoms with Crippen molar-refractivity contribution in [1.82, 2.24) is 4.90 Å². The first-order valence-corrected chi connectivity index (χ1v) is 7.13. The maximum atomic E-state index is 11.8. The Balaban J connectivity index is 2.42. The lowest BCUT2D eigenvalue weighted by atomic mass is 10.3. The molecule has 0 aliphatic rings. The highest BCUT2D eigenvalue weighted by Gasteiger charge is 2.10. The third-order valence-electron chi connectivity index (χ3n) is 2.68. The van der Waals surface area contributed by atoms with Crippen molar-refractivity contribution in [1.29, 1.82) is 0 Å². The molecule has 0 aromatic heterocycles. The summed E-state index contributed by atoms with van der Waals surface area (Å²) in [6.07, 6.45) is 1.21. The second-order valence-electron chi connectivity index (χ2n) is 4.31. The summed E-state index contributed by atoms with van der Waals surface area (Å²) < 4.78 is 0.969. The van der Waals surface area contributed by atoms with E-state index in [-0.39, 0.29) is 11.8 Å². The lowest BCUT2D eigenvalue weighted by Crippen LogP contribution is -2.32. The molecule has 0 atom stereocenters. The molecule has 1 N–H and O–H groups in total. The summed E-state index contributed by atoms with van der Waals surface area (Å²) in [4.78, 5) is 24.8. The second kappa shape index (κ2) is 7.94. The fourth-order valence-corrected chi connectivity index (χ4v) is 1.95. The number of halogens is 1. The number of rotatable bonds is 6. The van der Waals surface area contributed by atoms with Crippen molar-refractivity contribution in [3.8, 4) is 0 Å². The minimum atomic E-state index is -0.0790. The summed E-state index contributed by atoms with van der Waals surface area (Å²) >= 11 is 3.34. The van der Waals surface area contributed by atoms with E-state index in [4.69, 9.17) is 0 Å². The minimum Gasteiger partial charge on any atom is -0.342 e. The van der Waals surface area contributed by atoms with Gasteiger partial charge in [0, 0.05) is 36.6 Å². The predicted octanol–water partition coefficient (Wildman–Crippen LogP) is 3.04. The lowest BCUT2D eigenvalue weighted by Gasteiger charge is -2.19. The highest BCUT2D eigenvalue weighted by molar-refractivity contribution is 9.10. The summed E-state index contributed by atoms with van der Waals surface area (Å²) in [5.41, 5.74) is 0.762. The average molecular weight is 327 g/mol. The molecule has 19 heavy (non-hydrogen) atoms. The summed E-state index contributed by atoms with van der Waals surface area (Å²) in [6.45, 7) is 4.70. The molecule has 5 heteroatoms. The molecule has 1 aromatic rings. The largest absolute Gasteiger partial charge is 0.342 e. The summed E-state index contributed by atoms with van der Waals surface area (Å²) in [5.74, 6) is -0.0667. The number of carbonyl (C=O) groups excluding carboxylic acids is 2. The maximum absolute atomic E-state index is 11.8. The highest BCUT2D eigenvalue weighted by Crippen LogP contribution is 2.14. The summed E-state index contributed by atoms with van der Waals surface area (Å²) in [5, 5.41) is 2.81. The fraction of sp³-hybridized carbons (Fsp3) is 0.429. The van der Waals surface area contributed by atoms with Crippen LogP contribution in [-0.2, 0) is 9.59 Å². The van der Waals surface area contributed by atoms with Crippen molar-refractivity contribution in [3.63, 3.8) is 0 Å². The monoisotopic (exact) mass is 326 g/mol. The Bertz CT molecular complexity index is 432. The van der Waals surface area contributed by atoms with Crippen LogP contribution in [0.3, 0.4) is 0 Å². The van der Waals surface area contributed by atoms with Gasteiger partial charge >= 0.3 is 0 Å². The molecule has 0 spiro atoms. The van der Waals surface area contributed by atoms with Gasteiger partial charge in [0.15, 0.2) is 0 Å². The molecule has 104 valence electrons. The second-order valence-corrected chi connectivity index (χ2v) is 5.23. The van der Waals surface area contributed by atoms with Gasteiger partial charge in [0.05, 0.1) is 0 Å². The molecule has 0 aliphatic heterocycles. The normalized spacial score (nSPS) is 10.1. The van der Waals surface area contributed by atoms with Crippen molar-refractivity contribution in [2.45, 2.75) is 26.7 Å². The van der Waals surface area contributed by atoms with E-state index in [1.165, 1.54) is 6.92 Å². The van der Waals surface area contributed by atoms with E-state index >= 15 is 0 Å². The van der Waals surface area contributed by atoms with Gasteiger partial charge in [-0.3, -0.25) is 9.59 Å². The highest BCUT2D eigenvalue weighted by atomic mass is 79.9. The molecule has 0 bridgehead atoms. The fourth-order valence-electron chi connectivity index (χ4n) is 1.69. The number of nitrogens with zero attached hydrogens (tertiary/aromatic N) is 1. The smallest absolute Gasteiger partial charge is 0.226 e. The third-order valence-corrected chi connectivity index (χ3v) is 3.20.